The van der Waals surface area contributed by atoms with Gasteiger partial charge in [0.25, 0.3) is 0 Å². The molecule has 0 fully saturated rings. The van der Waals surface area contributed by atoms with Gasteiger partial charge in [-0.05, 0) is 26.3 Å². The molecule has 30 heavy (non-hydrogen) atoms. The molecule has 0 spiro atoms. The maximum absolute atomic E-state index is 12.7. The van der Waals surface area contributed by atoms with Crippen LogP contribution in [0.15, 0.2) is 30.3 Å². The lowest BCUT2D eigenvalue weighted by molar-refractivity contribution is -0.144. The molecule has 0 saturated carbocycles. The van der Waals surface area contributed by atoms with Crippen LogP contribution in [-0.2, 0) is 20.7 Å². The zero-order chi connectivity index (χ0) is 22.3. The number of aryl methyl sites for hydroxylation is 2. The topological polar surface area (TPSA) is 141 Å². The van der Waals surface area contributed by atoms with Crippen LogP contribution in [0.2, 0.25) is 0 Å². The molecule has 2 rings (SSSR count). The highest BCUT2D eigenvalue weighted by atomic mass is 16.5. The number of hydrogen-bond donors (Lipinski definition) is 3. The summed E-state index contributed by atoms with van der Waals surface area (Å²) in [6.45, 7) is 4.50. The van der Waals surface area contributed by atoms with Crippen molar-refractivity contribution in [2.24, 2.45) is 5.73 Å². The fourth-order valence-corrected chi connectivity index (χ4v) is 3.11. The van der Waals surface area contributed by atoms with Crippen molar-refractivity contribution in [3.63, 3.8) is 0 Å². The van der Waals surface area contributed by atoms with Gasteiger partial charge in [0, 0.05) is 17.8 Å². The predicted molar refractivity (Wildman–Crippen MR) is 108 cm³/mol. The Kier molecular flexibility index (Phi) is 7.74. The van der Waals surface area contributed by atoms with E-state index in [4.69, 9.17) is 15.2 Å². The van der Waals surface area contributed by atoms with Crippen molar-refractivity contribution in [2.45, 2.75) is 33.2 Å². The van der Waals surface area contributed by atoms with E-state index in [0.717, 1.165) is 5.56 Å². The van der Waals surface area contributed by atoms with E-state index in [1.807, 2.05) is 6.07 Å². The number of rotatable bonds is 9. The van der Waals surface area contributed by atoms with Gasteiger partial charge >= 0.3 is 18.0 Å². The molecule has 0 aliphatic rings. The number of primary amides is 1. The van der Waals surface area contributed by atoms with Crippen LogP contribution in [0.3, 0.4) is 0 Å². The maximum atomic E-state index is 12.7. The first kappa shape index (κ1) is 22.7. The molecular weight excluding hydrogens is 390 g/mol. The second-order valence-corrected chi connectivity index (χ2v) is 6.63. The number of amides is 2. The van der Waals surface area contributed by atoms with Gasteiger partial charge < -0.3 is 25.5 Å². The van der Waals surface area contributed by atoms with Crippen molar-refractivity contribution in [1.29, 1.82) is 0 Å². The van der Waals surface area contributed by atoms with E-state index in [0.29, 0.717) is 11.4 Å². The van der Waals surface area contributed by atoms with E-state index in [1.54, 1.807) is 45.0 Å². The SMILES string of the molecule is CCOC(=O)c1c(C)[nH]c(C)c1C(=O)COC(=O)[C@H](Cc1ccccc1)NC(N)=O. The highest BCUT2D eigenvalue weighted by Gasteiger charge is 2.28. The number of nitrogens with one attached hydrogen (secondary N) is 2. The summed E-state index contributed by atoms with van der Waals surface area (Å²) in [6.07, 6.45) is 0.146. The van der Waals surface area contributed by atoms with Crippen LogP contribution in [0, 0.1) is 13.8 Å². The summed E-state index contributed by atoms with van der Waals surface area (Å²) in [4.78, 5) is 51.6. The monoisotopic (exact) mass is 415 g/mol. The van der Waals surface area contributed by atoms with Crippen molar-refractivity contribution >= 4 is 23.8 Å². The van der Waals surface area contributed by atoms with E-state index in [2.05, 4.69) is 10.3 Å². The van der Waals surface area contributed by atoms with Gasteiger partial charge in [-0.25, -0.2) is 14.4 Å². The Morgan fingerprint density at radius 3 is 2.27 bits per heavy atom. The fourth-order valence-electron chi connectivity index (χ4n) is 3.11. The largest absolute Gasteiger partial charge is 0.462 e. The summed E-state index contributed by atoms with van der Waals surface area (Å²) in [5.41, 5.74) is 7.11. The Bertz CT molecular complexity index is 936. The fraction of sp³-hybridized carbons (Fsp3) is 0.333. The van der Waals surface area contributed by atoms with Gasteiger partial charge in [-0.3, -0.25) is 4.79 Å². The van der Waals surface area contributed by atoms with Gasteiger partial charge in [-0.2, -0.15) is 0 Å². The summed E-state index contributed by atoms with van der Waals surface area (Å²) < 4.78 is 10.1. The standard InChI is InChI=1S/C21H25N3O6/c1-4-29-20(27)18-13(3)23-12(2)17(18)16(25)11-30-19(26)15(24-21(22)28)10-14-8-6-5-7-9-14/h5-9,15,23H,4,10-11H2,1-3H3,(H3,22,24,28)/t15-/m0/s1. The summed E-state index contributed by atoms with van der Waals surface area (Å²) in [6, 6.07) is 7.02. The maximum Gasteiger partial charge on any atom is 0.340 e. The van der Waals surface area contributed by atoms with Gasteiger partial charge in [0.1, 0.15) is 6.04 Å². The Labute approximate surface area is 173 Å². The molecule has 1 atom stereocenters. The average molecular weight is 415 g/mol. The van der Waals surface area contributed by atoms with E-state index < -0.39 is 36.4 Å². The summed E-state index contributed by atoms with van der Waals surface area (Å²) in [5, 5.41) is 2.33. The van der Waals surface area contributed by atoms with E-state index >= 15 is 0 Å². The first-order valence-corrected chi connectivity index (χ1v) is 9.40. The Morgan fingerprint density at radius 1 is 1.03 bits per heavy atom. The number of ether oxygens (including phenoxy) is 2. The number of ketones is 1. The van der Waals surface area contributed by atoms with Crippen molar-refractivity contribution in [1.82, 2.24) is 10.3 Å². The smallest absolute Gasteiger partial charge is 0.340 e. The molecule has 4 N–H and O–H groups in total. The van der Waals surface area contributed by atoms with Gasteiger partial charge in [0.05, 0.1) is 17.7 Å². The summed E-state index contributed by atoms with van der Waals surface area (Å²) in [5.74, 6) is -2.01. The third kappa shape index (κ3) is 5.69. The highest BCUT2D eigenvalue weighted by Crippen LogP contribution is 2.20. The Morgan fingerprint density at radius 2 is 1.67 bits per heavy atom. The van der Waals surface area contributed by atoms with Crippen LogP contribution < -0.4 is 11.1 Å². The van der Waals surface area contributed by atoms with E-state index in [1.165, 1.54) is 0 Å². The zero-order valence-corrected chi connectivity index (χ0v) is 17.1. The molecule has 0 saturated heterocycles. The first-order valence-electron chi connectivity index (χ1n) is 9.40. The lowest BCUT2D eigenvalue weighted by Crippen LogP contribution is -2.46. The minimum absolute atomic E-state index is 0.112. The van der Waals surface area contributed by atoms with Crippen LogP contribution in [-0.4, -0.2) is 48.0 Å². The van der Waals surface area contributed by atoms with Crippen molar-refractivity contribution < 1.29 is 28.7 Å². The van der Waals surface area contributed by atoms with Crippen LogP contribution in [0.25, 0.3) is 0 Å². The second-order valence-electron chi connectivity index (χ2n) is 6.63. The number of carbonyl (C=O) groups excluding carboxylic acids is 4. The number of benzene rings is 1. The number of H-pyrrole nitrogens is 1. The van der Waals surface area contributed by atoms with E-state index in [-0.39, 0.29) is 24.2 Å². The Balaban J connectivity index is 2.12. The number of esters is 2. The van der Waals surface area contributed by atoms with Crippen molar-refractivity contribution in [2.75, 3.05) is 13.2 Å². The minimum atomic E-state index is -1.06. The molecular formula is C21H25N3O6. The molecule has 2 amide bonds. The van der Waals surface area contributed by atoms with Crippen LogP contribution in [0.4, 0.5) is 4.79 Å². The van der Waals surface area contributed by atoms with Crippen molar-refractivity contribution in [3.8, 4) is 0 Å². The second kappa shape index (κ2) is 10.2. The molecule has 2 aromatic rings. The molecule has 0 aliphatic carbocycles. The van der Waals surface area contributed by atoms with Gasteiger partial charge in [-0.1, -0.05) is 30.3 Å². The molecule has 1 aromatic heterocycles. The lowest BCUT2D eigenvalue weighted by Gasteiger charge is -2.16. The lowest BCUT2D eigenvalue weighted by atomic mass is 10.0. The molecule has 1 heterocycles. The zero-order valence-electron chi connectivity index (χ0n) is 17.1. The average Bonchev–Trinajstić information content (AvgIpc) is 3.00. The quantitative estimate of drug-likeness (QED) is 0.421. The molecule has 9 heteroatoms. The Hall–Kier alpha value is -3.62. The molecule has 0 unspecified atom stereocenters. The number of hydrogen-bond acceptors (Lipinski definition) is 6. The minimum Gasteiger partial charge on any atom is -0.462 e. The van der Waals surface area contributed by atoms with Gasteiger partial charge in [0.15, 0.2) is 6.61 Å². The van der Waals surface area contributed by atoms with E-state index in [9.17, 15) is 19.2 Å². The molecule has 0 radical (unpaired) electrons. The number of carbonyl (C=O) groups is 4. The number of urea groups is 1. The van der Waals surface area contributed by atoms with Gasteiger partial charge in [0.2, 0.25) is 5.78 Å². The van der Waals surface area contributed by atoms with Gasteiger partial charge in [-0.15, -0.1) is 0 Å². The molecule has 1 aromatic carbocycles. The van der Waals surface area contributed by atoms with Crippen LogP contribution in [0.5, 0.6) is 0 Å². The number of Topliss-reactive ketones (excluding diaryl/α,β-unsaturated/α-hetero) is 1. The predicted octanol–water partition coefficient (Wildman–Crippen LogP) is 1.81. The number of nitrogens with two attached hydrogens (primary N) is 1. The molecule has 9 nitrogen and oxygen atoms in total. The number of aromatic nitrogens is 1. The normalized spacial score (nSPS) is 11.4. The summed E-state index contributed by atoms with van der Waals surface area (Å²) in [7, 11) is 0. The highest BCUT2D eigenvalue weighted by molar-refractivity contribution is 6.09. The third-order valence-electron chi connectivity index (χ3n) is 4.36. The first-order chi connectivity index (χ1) is 14.2. The molecule has 0 bridgehead atoms. The molecule has 0 aliphatic heterocycles. The third-order valence-corrected chi connectivity index (χ3v) is 4.36. The number of aromatic amines is 1. The summed E-state index contributed by atoms with van der Waals surface area (Å²) >= 11 is 0. The van der Waals surface area contributed by atoms with Crippen molar-refractivity contribution in [3.05, 3.63) is 58.4 Å². The molecule has 160 valence electrons. The van der Waals surface area contributed by atoms with Crippen LogP contribution >= 0.6 is 0 Å². The van der Waals surface area contributed by atoms with Crippen LogP contribution in [0.1, 0.15) is 44.6 Å².